The number of anilines is 1. The number of alkyl halides is 3. The van der Waals surface area contributed by atoms with Crippen molar-refractivity contribution in [1.82, 2.24) is 0 Å². The molecule has 1 aromatic rings. The van der Waals surface area contributed by atoms with E-state index in [4.69, 9.17) is 5.26 Å². The molecular formula is C16H21F3N2. The molecule has 0 aliphatic rings. The first-order valence-electron chi connectivity index (χ1n) is 7.26. The van der Waals surface area contributed by atoms with Gasteiger partial charge in [0, 0.05) is 6.04 Å². The molecule has 0 saturated carbocycles. The Kier molecular flexibility index (Phi) is 6.54. The van der Waals surface area contributed by atoms with Gasteiger partial charge in [-0.25, -0.2) is 0 Å². The number of nitriles is 1. The van der Waals surface area contributed by atoms with Crippen LogP contribution in [-0.4, -0.2) is 6.04 Å². The Bertz CT molecular complexity index is 489. The standard InChI is InChI=1S/C16H21F3N2/c1-3-4-5-6-7-12(2)21-15-9-8-14(16(17,18)19)10-13(15)11-20/h8-10,12,21H,3-7H2,1-2H3. The zero-order valence-electron chi connectivity index (χ0n) is 12.4. The van der Waals surface area contributed by atoms with Crippen LogP contribution in [0.2, 0.25) is 0 Å². The molecule has 0 spiro atoms. The predicted molar refractivity (Wildman–Crippen MR) is 78.0 cm³/mol. The maximum atomic E-state index is 12.6. The van der Waals surface area contributed by atoms with Crippen molar-refractivity contribution in [3.05, 3.63) is 29.3 Å². The first-order chi connectivity index (χ1) is 9.88. The molecule has 0 radical (unpaired) electrons. The van der Waals surface area contributed by atoms with E-state index in [1.165, 1.54) is 18.9 Å². The molecule has 1 aromatic carbocycles. The minimum absolute atomic E-state index is 0.0326. The van der Waals surface area contributed by atoms with Gasteiger partial charge in [0.05, 0.1) is 16.8 Å². The fourth-order valence-electron chi connectivity index (χ4n) is 2.15. The second kappa shape index (κ2) is 7.92. The van der Waals surface area contributed by atoms with Gasteiger partial charge >= 0.3 is 6.18 Å². The van der Waals surface area contributed by atoms with Crippen molar-refractivity contribution in [3.63, 3.8) is 0 Å². The third-order valence-electron chi connectivity index (χ3n) is 3.36. The van der Waals surface area contributed by atoms with E-state index in [1.54, 1.807) is 0 Å². The van der Waals surface area contributed by atoms with E-state index in [0.29, 0.717) is 5.69 Å². The summed E-state index contributed by atoms with van der Waals surface area (Å²) in [6.07, 6.45) is 1.10. The Morgan fingerprint density at radius 3 is 2.52 bits per heavy atom. The van der Waals surface area contributed by atoms with Crippen molar-refractivity contribution < 1.29 is 13.2 Å². The minimum Gasteiger partial charge on any atom is -0.382 e. The summed E-state index contributed by atoms with van der Waals surface area (Å²) in [5.74, 6) is 0. The third-order valence-corrected chi connectivity index (χ3v) is 3.36. The number of unbranched alkanes of at least 4 members (excludes halogenated alkanes) is 3. The van der Waals surface area contributed by atoms with Crippen LogP contribution in [0.3, 0.4) is 0 Å². The Morgan fingerprint density at radius 2 is 1.95 bits per heavy atom. The van der Waals surface area contributed by atoms with Crippen molar-refractivity contribution in [2.45, 2.75) is 58.2 Å². The lowest BCUT2D eigenvalue weighted by atomic mass is 10.1. The fraction of sp³-hybridized carbons (Fsp3) is 0.562. The van der Waals surface area contributed by atoms with Crippen LogP contribution >= 0.6 is 0 Å². The summed E-state index contributed by atoms with van der Waals surface area (Å²) in [5, 5.41) is 12.1. The van der Waals surface area contributed by atoms with E-state index in [9.17, 15) is 13.2 Å². The lowest BCUT2D eigenvalue weighted by Gasteiger charge is -2.17. The van der Waals surface area contributed by atoms with Gasteiger partial charge in [0.15, 0.2) is 0 Å². The van der Waals surface area contributed by atoms with Gasteiger partial charge < -0.3 is 5.32 Å². The lowest BCUT2D eigenvalue weighted by Crippen LogP contribution is -2.16. The summed E-state index contributed by atoms with van der Waals surface area (Å²) in [5.41, 5.74) is -0.293. The predicted octanol–water partition coefficient (Wildman–Crippen LogP) is 5.35. The molecule has 5 heteroatoms. The molecule has 21 heavy (non-hydrogen) atoms. The fourth-order valence-corrected chi connectivity index (χ4v) is 2.15. The van der Waals surface area contributed by atoms with Gasteiger partial charge in [-0.1, -0.05) is 32.6 Å². The molecule has 0 amide bonds. The lowest BCUT2D eigenvalue weighted by molar-refractivity contribution is -0.137. The van der Waals surface area contributed by atoms with Crippen molar-refractivity contribution in [3.8, 4) is 6.07 Å². The summed E-state index contributed by atoms with van der Waals surface area (Å²) in [4.78, 5) is 0. The van der Waals surface area contributed by atoms with Crippen molar-refractivity contribution in [2.75, 3.05) is 5.32 Å². The number of nitrogens with one attached hydrogen (secondary N) is 1. The average Bonchev–Trinajstić information content (AvgIpc) is 2.43. The molecule has 0 saturated heterocycles. The van der Waals surface area contributed by atoms with Gasteiger partial charge in [0.25, 0.3) is 0 Å². The molecule has 1 N–H and O–H groups in total. The van der Waals surface area contributed by atoms with E-state index < -0.39 is 11.7 Å². The largest absolute Gasteiger partial charge is 0.416 e. The van der Waals surface area contributed by atoms with Crippen LogP contribution in [0.5, 0.6) is 0 Å². The maximum Gasteiger partial charge on any atom is 0.416 e. The number of halogens is 3. The van der Waals surface area contributed by atoms with E-state index in [-0.39, 0.29) is 11.6 Å². The third kappa shape index (κ3) is 5.66. The van der Waals surface area contributed by atoms with Crippen LogP contribution < -0.4 is 5.32 Å². The summed E-state index contributed by atoms with van der Waals surface area (Å²) in [6, 6.07) is 5.20. The maximum absolute atomic E-state index is 12.6. The van der Waals surface area contributed by atoms with Gasteiger partial charge in [0.1, 0.15) is 6.07 Å². The number of nitrogens with zero attached hydrogens (tertiary/aromatic N) is 1. The van der Waals surface area contributed by atoms with Crippen LogP contribution in [0.15, 0.2) is 18.2 Å². The number of hydrogen-bond donors (Lipinski definition) is 1. The first-order valence-corrected chi connectivity index (χ1v) is 7.26. The number of rotatable bonds is 7. The van der Waals surface area contributed by atoms with Gasteiger partial charge in [-0.2, -0.15) is 18.4 Å². The van der Waals surface area contributed by atoms with Gasteiger partial charge in [0.2, 0.25) is 0 Å². The highest BCUT2D eigenvalue weighted by Crippen LogP contribution is 2.31. The molecule has 1 atom stereocenters. The number of benzene rings is 1. The molecule has 0 aliphatic carbocycles. The van der Waals surface area contributed by atoms with Gasteiger partial charge in [-0.05, 0) is 31.5 Å². The molecular weight excluding hydrogens is 277 g/mol. The molecule has 0 heterocycles. The smallest absolute Gasteiger partial charge is 0.382 e. The van der Waals surface area contributed by atoms with Crippen molar-refractivity contribution >= 4 is 5.69 Å². The Morgan fingerprint density at radius 1 is 1.24 bits per heavy atom. The van der Waals surface area contributed by atoms with Crippen LogP contribution in [-0.2, 0) is 6.18 Å². The second-order valence-corrected chi connectivity index (χ2v) is 5.26. The normalized spacial score (nSPS) is 12.8. The summed E-state index contributed by atoms with van der Waals surface area (Å²) in [6.45, 7) is 4.12. The SMILES string of the molecule is CCCCCCC(C)Nc1ccc(C(F)(F)F)cc1C#N. The molecule has 1 rings (SSSR count). The second-order valence-electron chi connectivity index (χ2n) is 5.26. The topological polar surface area (TPSA) is 35.8 Å². The van der Waals surface area contributed by atoms with E-state index in [0.717, 1.165) is 31.4 Å². The van der Waals surface area contributed by atoms with Crippen LogP contribution in [0.25, 0.3) is 0 Å². The van der Waals surface area contributed by atoms with Gasteiger partial charge in [-0.3, -0.25) is 0 Å². The molecule has 0 aromatic heterocycles. The average molecular weight is 298 g/mol. The molecule has 116 valence electrons. The van der Waals surface area contributed by atoms with E-state index in [2.05, 4.69) is 12.2 Å². The molecule has 1 unspecified atom stereocenters. The van der Waals surface area contributed by atoms with Crippen LogP contribution in [0.4, 0.5) is 18.9 Å². The van der Waals surface area contributed by atoms with Crippen LogP contribution in [0, 0.1) is 11.3 Å². The summed E-state index contributed by atoms with van der Waals surface area (Å²) in [7, 11) is 0. The minimum atomic E-state index is -4.42. The monoisotopic (exact) mass is 298 g/mol. The molecule has 0 bridgehead atoms. The zero-order chi connectivity index (χ0) is 15.9. The zero-order valence-corrected chi connectivity index (χ0v) is 12.4. The van der Waals surface area contributed by atoms with E-state index in [1.807, 2.05) is 13.0 Å². The summed E-state index contributed by atoms with van der Waals surface area (Å²) >= 11 is 0. The molecule has 2 nitrogen and oxygen atoms in total. The number of hydrogen-bond acceptors (Lipinski definition) is 2. The van der Waals surface area contributed by atoms with Crippen LogP contribution in [0.1, 0.15) is 57.1 Å². The highest BCUT2D eigenvalue weighted by Gasteiger charge is 2.31. The van der Waals surface area contributed by atoms with Crippen molar-refractivity contribution in [1.29, 1.82) is 5.26 Å². The van der Waals surface area contributed by atoms with E-state index >= 15 is 0 Å². The molecule has 0 aliphatic heterocycles. The Labute approximate surface area is 124 Å². The molecule has 0 fully saturated rings. The first kappa shape index (κ1) is 17.4. The summed E-state index contributed by atoms with van der Waals surface area (Å²) < 4.78 is 37.8. The highest BCUT2D eigenvalue weighted by molar-refractivity contribution is 5.59. The quantitative estimate of drug-likeness (QED) is 0.689. The van der Waals surface area contributed by atoms with Crippen molar-refractivity contribution in [2.24, 2.45) is 0 Å². The Balaban J connectivity index is 2.69. The highest BCUT2D eigenvalue weighted by atomic mass is 19.4. The Hall–Kier alpha value is -1.70. The van der Waals surface area contributed by atoms with Gasteiger partial charge in [-0.15, -0.1) is 0 Å².